The van der Waals surface area contributed by atoms with Gasteiger partial charge in [0.25, 0.3) is 0 Å². The molecule has 0 amide bonds. The fraction of sp³-hybridized carbons (Fsp3) is 0.500. The van der Waals surface area contributed by atoms with Gasteiger partial charge >= 0.3 is 5.97 Å². The average molecular weight is 211 g/mol. The highest BCUT2D eigenvalue weighted by Crippen LogP contribution is 2.35. The number of aromatic nitrogens is 1. The van der Waals surface area contributed by atoms with Crippen molar-refractivity contribution in [2.24, 2.45) is 0 Å². The van der Waals surface area contributed by atoms with Crippen molar-refractivity contribution in [1.29, 1.82) is 0 Å². The molecule has 0 atom stereocenters. The lowest BCUT2D eigenvalue weighted by Crippen LogP contribution is -2.04. The first kappa shape index (κ1) is 9.65. The summed E-state index contributed by atoms with van der Waals surface area (Å²) in [6, 6.07) is 0. The quantitative estimate of drug-likeness (QED) is 0.790. The molecule has 3 nitrogen and oxygen atoms in total. The molecule has 1 aromatic rings. The summed E-state index contributed by atoms with van der Waals surface area (Å²) >= 11 is 1.77. The van der Waals surface area contributed by atoms with Crippen LogP contribution in [0.5, 0.6) is 0 Å². The smallest absolute Gasteiger partial charge is 0.337 e. The fourth-order valence-corrected chi connectivity index (χ4v) is 2.90. The number of H-pyrrole nitrogens is 1. The lowest BCUT2D eigenvalue weighted by molar-refractivity contribution is 0.0694. The average Bonchev–Trinajstić information content (AvgIpc) is 2.58. The van der Waals surface area contributed by atoms with E-state index in [2.05, 4.69) is 4.98 Å². The molecule has 1 aliphatic heterocycles. The highest BCUT2D eigenvalue weighted by molar-refractivity contribution is 7.98. The highest BCUT2D eigenvalue weighted by atomic mass is 32.2. The number of nitrogens with one attached hydrogen (secondary N) is 1. The normalized spacial score (nSPS) is 14.8. The van der Waals surface area contributed by atoms with Crippen LogP contribution in [0.3, 0.4) is 0 Å². The summed E-state index contributed by atoms with van der Waals surface area (Å²) in [5, 5.41) is 9.14. The number of rotatable bonds is 2. The summed E-state index contributed by atoms with van der Waals surface area (Å²) in [4.78, 5) is 14.4. The van der Waals surface area contributed by atoms with Crippen molar-refractivity contribution >= 4 is 17.7 Å². The van der Waals surface area contributed by atoms with Gasteiger partial charge in [-0.25, -0.2) is 4.79 Å². The molecule has 2 N–H and O–H groups in total. The Kier molecular flexibility index (Phi) is 2.31. The number of hydrogen-bond donors (Lipinski definition) is 2. The molecular weight excluding hydrogens is 198 g/mol. The molecule has 0 saturated heterocycles. The minimum atomic E-state index is -0.798. The van der Waals surface area contributed by atoms with Crippen molar-refractivity contribution < 1.29 is 9.90 Å². The topological polar surface area (TPSA) is 53.1 Å². The van der Waals surface area contributed by atoms with Crippen molar-refractivity contribution in [3.63, 3.8) is 0 Å². The first-order chi connectivity index (χ1) is 6.61. The molecular formula is C10H13NO2S. The standard InChI is InChI=1S/C10H13NO2S/c1-5(2)9-8(10(12)13)6-3-14-4-7(6)11-9/h5,11H,3-4H2,1-2H3,(H,12,13). The third-order valence-electron chi connectivity index (χ3n) is 2.50. The summed E-state index contributed by atoms with van der Waals surface area (Å²) < 4.78 is 0. The molecule has 0 fully saturated rings. The summed E-state index contributed by atoms with van der Waals surface area (Å²) in [6.45, 7) is 4.03. The molecule has 0 spiro atoms. The van der Waals surface area contributed by atoms with Crippen LogP contribution in [0.2, 0.25) is 0 Å². The third kappa shape index (κ3) is 1.34. The molecule has 0 aromatic carbocycles. The SMILES string of the molecule is CC(C)c1[nH]c2c(c1C(=O)O)CSC2. The van der Waals surface area contributed by atoms with Gasteiger partial charge in [-0.1, -0.05) is 13.8 Å². The van der Waals surface area contributed by atoms with Gasteiger partial charge in [0.05, 0.1) is 5.56 Å². The molecule has 0 radical (unpaired) electrons. The molecule has 1 aliphatic rings. The molecule has 2 rings (SSSR count). The van der Waals surface area contributed by atoms with E-state index in [-0.39, 0.29) is 5.92 Å². The van der Waals surface area contributed by atoms with E-state index in [1.54, 1.807) is 11.8 Å². The van der Waals surface area contributed by atoms with E-state index >= 15 is 0 Å². The molecule has 76 valence electrons. The predicted molar refractivity (Wildman–Crippen MR) is 56.8 cm³/mol. The maximum atomic E-state index is 11.1. The van der Waals surface area contributed by atoms with E-state index in [1.165, 1.54) is 0 Å². The van der Waals surface area contributed by atoms with Crippen molar-refractivity contribution in [1.82, 2.24) is 4.98 Å². The van der Waals surface area contributed by atoms with Gasteiger partial charge < -0.3 is 10.1 Å². The summed E-state index contributed by atoms with van der Waals surface area (Å²) in [7, 11) is 0. The lowest BCUT2D eigenvalue weighted by Gasteiger charge is -2.05. The van der Waals surface area contributed by atoms with Crippen molar-refractivity contribution in [3.05, 3.63) is 22.5 Å². The second-order valence-electron chi connectivity index (χ2n) is 3.82. The number of aromatic carboxylic acids is 1. The van der Waals surface area contributed by atoms with E-state index in [9.17, 15) is 4.79 Å². The van der Waals surface area contributed by atoms with Crippen LogP contribution in [0.15, 0.2) is 0 Å². The second kappa shape index (κ2) is 3.35. The summed E-state index contributed by atoms with van der Waals surface area (Å²) in [5.41, 5.74) is 3.50. The number of carboxylic acid groups (broad SMARTS) is 1. The molecule has 0 unspecified atom stereocenters. The van der Waals surface area contributed by atoms with E-state index in [0.29, 0.717) is 5.56 Å². The van der Waals surface area contributed by atoms with Crippen LogP contribution in [0.1, 0.15) is 47.1 Å². The van der Waals surface area contributed by atoms with E-state index < -0.39 is 5.97 Å². The maximum absolute atomic E-state index is 11.1. The number of fused-ring (bicyclic) bond motifs is 1. The Balaban J connectivity index is 2.57. The number of hydrogen-bond acceptors (Lipinski definition) is 2. The van der Waals surface area contributed by atoms with E-state index in [4.69, 9.17) is 5.11 Å². The van der Waals surface area contributed by atoms with Crippen LogP contribution >= 0.6 is 11.8 Å². The largest absolute Gasteiger partial charge is 0.478 e. The van der Waals surface area contributed by atoms with Gasteiger partial charge in [-0.2, -0.15) is 11.8 Å². The number of aromatic amines is 1. The fourth-order valence-electron chi connectivity index (χ4n) is 1.83. The highest BCUT2D eigenvalue weighted by Gasteiger charge is 2.26. The van der Waals surface area contributed by atoms with Gasteiger partial charge in [-0.15, -0.1) is 0 Å². The van der Waals surface area contributed by atoms with Gasteiger partial charge in [0.1, 0.15) is 0 Å². The number of carboxylic acids is 1. The van der Waals surface area contributed by atoms with Crippen molar-refractivity contribution in [2.75, 3.05) is 0 Å². The Morgan fingerprint density at radius 1 is 1.50 bits per heavy atom. The van der Waals surface area contributed by atoms with Gasteiger partial charge in [0, 0.05) is 22.9 Å². The molecule has 0 bridgehead atoms. The Morgan fingerprint density at radius 2 is 2.21 bits per heavy atom. The zero-order chi connectivity index (χ0) is 10.3. The zero-order valence-electron chi connectivity index (χ0n) is 8.26. The Bertz CT molecular complexity index is 382. The molecule has 4 heteroatoms. The third-order valence-corrected chi connectivity index (χ3v) is 3.49. The first-order valence-corrected chi connectivity index (χ1v) is 5.81. The van der Waals surface area contributed by atoms with Crippen LogP contribution in [0, 0.1) is 0 Å². The Morgan fingerprint density at radius 3 is 2.79 bits per heavy atom. The summed E-state index contributed by atoms with van der Waals surface area (Å²) in [5.74, 6) is 1.20. The minimum Gasteiger partial charge on any atom is -0.478 e. The monoisotopic (exact) mass is 211 g/mol. The van der Waals surface area contributed by atoms with Crippen molar-refractivity contribution in [3.8, 4) is 0 Å². The zero-order valence-corrected chi connectivity index (χ0v) is 9.07. The first-order valence-electron chi connectivity index (χ1n) is 4.66. The maximum Gasteiger partial charge on any atom is 0.337 e. The molecule has 14 heavy (non-hydrogen) atoms. The van der Waals surface area contributed by atoms with E-state index in [0.717, 1.165) is 28.5 Å². The van der Waals surface area contributed by atoms with Crippen molar-refractivity contribution in [2.45, 2.75) is 31.3 Å². The number of carbonyl (C=O) groups is 1. The van der Waals surface area contributed by atoms with Gasteiger partial charge in [0.15, 0.2) is 0 Å². The molecule has 2 heterocycles. The minimum absolute atomic E-state index is 0.247. The Hall–Kier alpha value is -0.900. The summed E-state index contributed by atoms with van der Waals surface area (Å²) in [6.07, 6.45) is 0. The van der Waals surface area contributed by atoms with Crippen LogP contribution in [-0.4, -0.2) is 16.1 Å². The van der Waals surface area contributed by atoms with Crippen LogP contribution in [0.25, 0.3) is 0 Å². The van der Waals surface area contributed by atoms with E-state index in [1.807, 2.05) is 13.8 Å². The van der Waals surface area contributed by atoms with Gasteiger partial charge in [-0.05, 0) is 11.5 Å². The molecule has 1 aromatic heterocycles. The van der Waals surface area contributed by atoms with Gasteiger partial charge in [-0.3, -0.25) is 0 Å². The van der Waals surface area contributed by atoms with Crippen LogP contribution in [0.4, 0.5) is 0 Å². The van der Waals surface area contributed by atoms with Crippen LogP contribution < -0.4 is 0 Å². The predicted octanol–water partition coefficient (Wildman–Crippen LogP) is 2.58. The van der Waals surface area contributed by atoms with Crippen LogP contribution in [-0.2, 0) is 11.5 Å². The second-order valence-corrected chi connectivity index (χ2v) is 4.81. The Labute approximate surface area is 86.9 Å². The van der Waals surface area contributed by atoms with Gasteiger partial charge in [0.2, 0.25) is 0 Å². The number of thioether (sulfide) groups is 1. The molecule has 0 aliphatic carbocycles. The molecule has 0 saturated carbocycles. The lowest BCUT2D eigenvalue weighted by atomic mass is 10.0.